The molecular weight excluding hydrogens is 328 g/mol. The Hall–Kier alpha value is -3.42. The summed E-state index contributed by atoms with van der Waals surface area (Å²) < 4.78 is 4.98. The summed E-state index contributed by atoms with van der Waals surface area (Å²) in [4.78, 5) is 33.6. The Morgan fingerprint density at radius 2 is 1.76 bits per heavy atom. The largest absolute Gasteiger partial charge is 0.480 e. The molecule has 0 radical (unpaired) electrons. The lowest BCUT2D eigenvalue weighted by atomic mass is 10.0. The predicted octanol–water partition coefficient (Wildman–Crippen LogP) is 2.52. The molecule has 2 aromatic rings. The van der Waals surface area contributed by atoms with Gasteiger partial charge in [0.1, 0.15) is 12.6 Å². The van der Waals surface area contributed by atoms with Gasteiger partial charge in [0.2, 0.25) is 0 Å². The summed E-state index contributed by atoms with van der Waals surface area (Å²) in [6.07, 6.45) is -1.14. The predicted molar refractivity (Wildman–Crippen MR) is 88.0 cm³/mol. The quantitative estimate of drug-likeness (QED) is 0.588. The summed E-state index contributed by atoms with van der Waals surface area (Å²) in [5, 5.41) is 22.5. The van der Waals surface area contributed by atoms with Gasteiger partial charge in [-0.1, -0.05) is 48.5 Å². The van der Waals surface area contributed by atoms with Crippen molar-refractivity contribution in [2.75, 3.05) is 0 Å². The van der Waals surface area contributed by atoms with Crippen LogP contribution in [0.3, 0.4) is 0 Å². The standard InChI is InChI=1S/C17H16N2O6/c20-16(21)14(10-13-8-4-5-9-15(13)19(23)24)18-17(22)25-11-12-6-2-1-3-7-12/h1-9,14H,10-11H2,(H,18,22)(H,20,21)/t14-/m0/s1. The topological polar surface area (TPSA) is 119 Å². The van der Waals surface area contributed by atoms with Gasteiger partial charge in [-0.2, -0.15) is 0 Å². The van der Waals surface area contributed by atoms with E-state index >= 15 is 0 Å². The zero-order valence-electron chi connectivity index (χ0n) is 13.1. The number of carboxylic acid groups (broad SMARTS) is 1. The number of nitro benzene ring substituents is 1. The number of benzene rings is 2. The van der Waals surface area contributed by atoms with Crippen LogP contribution in [0, 0.1) is 10.1 Å². The summed E-state index contributed by atoms with van der Waals surface area (Å²) >= 11 is 0. The lowest BCUT2D eigenvalue weighted by Crippen LogP contribution is -2.42. The van der Waals surface area contributed by atoms with E-state index in [4.69, 9.17) is 4.74 Å². The fourth-order valence-electron chi connectivity index (χ4n) is 2.19. The number of carboxylic acids is 1. The number of para-hydroxylation sites is 1. The first-order valence-corrected chi connectivity index (χ1v) is 7.39. The van der Waals surface area contributed by atoms with Crippen molar-refractivity contribution in [3.05, 3.63) is 75.8 Å². The minimum absolute atomic E-state index is 0.00943. The van der Waals surface area contributed by atoms with Gasteiger partial charge in [-0.25, -0.2) is 9.59 Å². The zero-order chi connectivity index (χ0) is 18.2. The molecule has 0 aliphatic heterocycles. The molecule has 0 saturated heterocycles. The van der Waals surface area contributed by atoms with E-state index in [0.29, 0.717) is 0 Å². The summed E-state index contributed by atoms with van der Waals surface area (Å²) in [5.74, 6) is -1.31. The average Bonchev–Trinajstić information content (AvgIpc) is 2.60. The van der Waals surface area contributed by atoms with Crippen LogP contribution in [0.15, 0.2) is 54.6 Å². The van der Waals surface area contributed by atoms with Gasteiger partial charge < -0.3 is 15.2 Å². The number of amides is 1. The maximum atomic E-state index is 11.8. The van der Waals surface area contributed by atoms with Crippen molar-refractivity contribution in [3.8, 4) is 0 Å². The molecule has 2 rings (SSSR count). The first-order valence-electron chi connectivity index (χ1n) is 7.39. The number of nitrogens with zero attached hydrogens (tertiary/aromatic N) is 1. The van der Waals surface area contributed by atoms with Crippen LogP contribution >= 0.6 is 0 Å². The lowest BCUT2D eigenvalue weighted by molar-refractivity contribution is -0.385. The summed E-state index contributed by atoms with van der Waals surface area (Å²) in [6, 6.07) is 13.3. The van der Waals surface area contributed by atoms with Gasteiger partial charge in [-0.05, 0) is 5.56 Å². The van der Waals surface area contributed by atoms with Gasteiger partial charge in [0.05, 0.1) is 4.92 Å². The van der Waals surface area contributed by atoms with Crippen LogP contribution in [0.1, 0.15) is 11.1 Å². The molecule has 0 aromatic heterocycles. The van der Waals surface area contributed by atoms with Crippen molar-refractivity contribution in [1.29, 1.82) is 0 Å². The molecule has 8 heteroatoms. The monoisotopic (exact) mass is 344 g/mol. The molecule has 0 aliphatic rings. The smallest absolute Gasteiger partial charge is 0.408 e. The van der Waals surface area contributed by atoms with E-state index in [0.717, 1.165) is 5.56 Å². The minimum Gasteiger partial charge on any atom is -0.480 e. The van der Waals surface area contributed by atoms with Crippen LogP contribution in [0.25, 0.3) is 0 Å². The number of aliphatic carboxylic acids is 1. The Morgan fingerprint density at radius 1 is 1.12 bits per heavy atom. The normalized spacial score (nSPS) is 11.4. The van der Waals surface area contributed by atoms with Gasteiger partial charge >= 0.3 is 12.1 Å². The van der Waals surface area contributed by atoms with Crippen LogP contribution in [0.5, 0.6) is 0 Å². The fourth-order valence-corrected chi connectivity index (χ4v) is 2.19. The molecule has 1 atom stereocenters. The van der Waals surface area contributed by atoms with Crippen LogP contribution in [0.2, 0.25) is 0 Å². The molecule has 130 valence electrons. The van der Waals surface area contributed by atoms with Crippen molar-refractivity contribution in [3.63, 3.8) is 0 Å². The maximum absolute atomic E-state index is 11.8. The van der Waals surface area contributed by atoms with Crippen LogP contribution in [-0.4, -0.2) is 28.1 Å². The molecule has 0 heterocycles. The molecule has 2 aromatic carbocycles. The molecule has 8 nitrogen and oxygen atoms in total. The number of carbonyl (C=O) groups is 2. The molecule has 0 bridgehead atoms. The zero-order valence-corrected chi connectivity index (χ0v) is 13.1. The van der Waals surface area contributed by atoms with E-state index in [-0.39, 0.29) is 24.3 Å². The van der Waals surface area contributed by atoms with Gasteiger partial charge in [0, 0.05) is 18.1 Å². The Morgan fingerprint density at radius 3 is 2.40 bits per heavy atom. The van der Waals surface area contributed by atoms with E-state index in [1.165, 1.54) is 18.2 Å². The maximum Gasteiger partial charge on any atom is 0.408 e. The van der Waals surface area contributed by atoms with Crippen molar-refractivity contribution >= 4 is 17.7 Å². The third-order valence-corrected chi connectivity index (χ3v) is 3.42. The highest BCUT2D eigenvalue weighted by Gasteiger charge is 2.24. The van der Waals surface area contributed by atoms with Gasteiger partial charge in [0.25, 0.3) is 5.69 Å². The number of carbonyl (C=O) groups excluding carboxylic acids is 1. The van der Waals surface area contributed by atoms with Crippen molar-refractivity contribution in [1.82, 2.24) is 5.32 Å². The van der Waals surface area contributed by atoms with Crippen molar-refractivity contribution in [2.45, 2.75) is 19.1 Å². The number of hydrogen-bond acceptors (Lipinski definition) is 5. The highest BCUT2D eigenvalue weighted by molar-refractivity contribution is 5.80. The third kappa shape index (κ3) is 5.31. The second-order valence-electron chi connectivity index (χ2n) is 5.19. The molecule has 0 saturated carbocycles. The first kappa shape index (κ1) is 17.9. The Labute approximate surface area is 143 Å². The van der Waals surface area contributed by atoms with E-state index in [1.807, 2.05) is 6.07 Å². The van der Waals surface area contributed by atoms with Crippen molar-refractivity contribution < 1.29 is 24.4 Å². The van der Waals surface area contributed by atoms with Crippen molar-refractivity contribution in [2.24, 2.45) is 0 Å². The molecule has 0 spiro atoms. The Kier molecular flexibility index (Phi) is 6.05. The van der Waals surface area contributed by atoms with Gasteiger partial charge in [-0.15, -0.1) is 0 Å². The van der Waals surface area contributed by atoms with Gasteiger partial charge in [-0.3, -0.25) is 10.1 Å². The molecule has 0 unspecified atom stereocenters. The molecule has 0 aliphatic carbocycles. The number of nitro groups is 1. The van der Waals surface area contributed by atoms with E-state index in [2.05, 4.69) is 5.32 Å². The lowest BCUT2D eigenvalue weighted by Gasteiger charge is -2.14. The second kappa shape index (κ2) is 8.44. The number of alkyl carbamates (subject to hydrolysis) is 1. The number of rotatable bonds is 7. The molecule has 2 N–H and O–H groups in total. The van der Waals surface area contributed by atoms with E-state index < -0.39 is 23.0 Å². The fraction of sp³-hybridized carbons (Fsp3) is 0.176. The molecule has 1 amide bonds. The van der Waals surface area contributed by atoms with Crippen LogP contribution in [-0.2, 0) is 22.6 Å². The summed E-state index contributed by atoms with van der Waals surface area (Å²) in [6.45, 7) is -0.00943. The molecule has 0 fully saturated rings. The van der Waals surface area contributed by atoms with E-state index in [1.54, 1.807) is 30.3 Å². The number of hydrogen-bond donors (Lipinski definition) is 2. The second-order valence-corrected chi connectivity index (χ2v) is 5.19. The van der Waals surface area contributed by atoms with Crippen LogP contribution in [0.4, 0.5) is 10.5 Å². The highest BCUT2D eigenvalue weighted by atomic mass is 16.6. The van der Waals surface area contributed by atoms with Gasteiger partial charge in [0.15, 0.2) is 0 Å². The third-order valence-electron chi connectivity index (χ3n) is 3.42. The average molecular weight is 344 g/mol. The Bertz CT molecular complexity index is 763. The highest BCUT2D eigenvalue weighted by Crippen LogP contribution is 2.19. The SMILES string of the molecule is O=C(N[C@@H](Cc1ccccc1[N+](=O)[O-])C(=O)O)OCc1ccccc1. The first-order chi connectivity index (χ1) is 12.0. The minimum atomic E-state index is -1.34. The Balaban J connectivity index is 2.00. The molecule has 25 heavy (non-hydrogen) atoms. The number of nitrogens with one attached hydrogen (secondary N) is 1. The summed E-state index contributed by atoms with van der Waals surface area (Å²) in [5.41, 5.74) is 0.764. The van der Waals surface area contributed by atoms with E-state index in [9.17, 15) is 24.8 Å². The number of ether oxygens (including phenoxy) is 1. The summed E-state index contributed by atoms with van der Waals surface area (Å²) in [7, 11) is 0. The van der Waals surface area contributed by atoms with Crippen LogP contribution < -0.4 is 5.32 Å². The molecular formula is C17H16N2O6.